The molecule has 0 saturated carbocycles. The standard InChI is InChI=1S/C34H31NO4/c36-21-24-10-12-25(13-11-24)22-38-33-19-29(18-32(39-33)34(37)35-20-23-6-2-1-3-7-23)26-14-15-28-16-27-8-4-5-9-30(27)31(28)17-26/h1-15,17-18,29,33,36H,16,19-22H2,(H,35,37)/t29-,33+/m0/s1. The first-order valence-electron chi connectivity index (χ1n) is 13.4. The SMILES string of the molecule is O=C(NCc1ccccc1)C1=C[C@H](c2ccc3c(c2)-c2ccccc2C3)C[C@H](OCc2ccc(CO)cc2)O1. The van der Waals surface area contributed by atoms with Crippen molar-refractivity contribution in [3.8, 4) is 11.1 Å². The molecule has 0 saturated heterocycles. The van der Waals surface area contributed by atoms with Crippen molar-refractivity contribution in [2.45, 2.75) is 44.8 Å². The van der Waals surface area contributed by atoms with Gasteiger partial charge in [0, 0.05) is 18.9 Å². The molecular weight excluding hydrogens is 486 g/mol. The van der Waals surface area contributed by atoms with E-state index in [0.29, 0.717) is 19.6 Å². The minimum absolute atomic E-state index is 0.00601. The number of aliphatic hydroxyl groups excluding tert-OH is 1. The van der Waals surface area contributed by atoms with Gasteiger partial charge in [-0.1, -0.05) is 97.1 Å². The number of carbonyl (C=O) groups excluding carboxylic acids is 1. The summed E-state index contributed by atoms with van der Waals surface area (Å²) < 4.78 is 12.3. The molecule has 1 amide bonds. The Morgan fingerprint density at radius 1 is 0.846 bits per heavy atom. The van der Waals surface area contributed by atoms with Crippen molar-refractivity contribution in [2.24, 2.45) is 0 Å². The van der Waals surface area contributed by atoms with Crippen molar-refractivity contribution >= 4 is 5.91 Å². The molecule has 196 valence electrons. The van der Waals surface area contributed by atoms with E-state index >= 15 is 0 Å². The number of allylic oxidation sites excluding steroid dienone is 1. The third kappa shape index (κ3) is 5.65. The number of fused-ring (bicyclic) bond motifs is 3. The Bertz CT molecular complexity index is 1490. The summed E-state index contributed by atoms with van der Waals surface area (Å²) in [6.45, 7) is 0.773. The van der Waals surface area contributed by atoms with E-state index in [1.165, 1.54) is 22.3 Å². The van der Waals surface area contributed by atoms with E-state index in [0.717, 1.165) is 28.7 Å². The lowest BCUT2D eigenvalue weighted by atomic mass is 9.90. The van der Waals surface area contributed by atoms with Crippen LogP contribution in [0.2, 0.25) is 0 Å². The van der Waals surface area contributed by atoms with Gasteiger partial charge in [-0.05, 0) is 57.0 Å². The molecule has 4 aromatic rings. The summed E-state index contributed by atoms with van der Waals surface area (Å²) >= 11 is 0. The summed E-state index contributed by atoms with van der Waals surface area (Å²) in [6, 6.07) is 32.7. The number of aliphatic hydroxyl groups is 1. The summed E-state index contributed by atoms with van der Waals surface area (Å²) in [4.78, 5) is 13.2. The van der Waals surface area contributed by atoms with Crippen LogP contribution >= 0.6 is 0 Å². The van der Waals surface area contributed by atoms with Gasteiger partial charge in [-0.15, -0.1) is 0 Å². The number of benzene rings is 4. The fourth-order valence-corrected chi connectivity index (χ4v) is 5.32. The topological polar surface area (TPSA) is 67.8 Å². The first kappa shape index (κ1) is 25.1. The van der Waals surface area contributed by atoms with Crippen LogP contribution in [0.1, 0.15) is 45.7 Å². The van der Waals surface area contributed by atoms with Crippen molar-refractivity contribution in [3.05, 3.63) is 142 Å². The van der Waals surface area contributed by atoms with Crippen LogP contribution in [0.15, 0.2) is 109 Å². The molecule has 5 nitrogen and oxygen atoms in total. The van der Waals surface area contributed by atoms with Gasteiger partial charge in [0.05, 0.1) is 13.2 Å². The molecule has 6 rings (SSSR count). The first-order chi connectivity index (χ1) is 19.2. The maximum absolute atomic E-state index is 13.2. The molecule has 0 bridgehead atoms. The van der Waals surface area contributed by atoms with E-state index in [1.807, 2.05) is 60.7 Å². The highest BCUT2D eigenvalue weighted by Crippen LogP contribution is 2.40. The second kappa shape index (κ2) is 11.3. The molecular formula is C34H31NO4. The highest BCUT2D eigenvalue weighted by molar-refractivity contribution is 5.91. The van der Waals surface area contributed by atoms with Gasteiger partial charge in [-0.3, -0.25) is 4.79 Å². The van der Waals surface area contributed by atoms with Crippen LogP contribution in [0.25, 0.3) is 11.1 Å². The summed E-state index contributed by atoms with van der Waals surface area (Å²) in [5.41, 5.74) is 9.22. The van der Waals surface area contributed by atoms with Crippen LogP contribution in [0, 0.1) is 0 Å². The Kier molecular flexibility index (Phi) is 7.26. The Morgan fingerprint density at radius 2 is 1.59 bits per heavy atom. The van der Waals surface area contributed by atoms with Crippen LogP contribution in [0.5, 0.6) is 0 Å². The van der Waals surface area contributed by atoms with Gasteiger partial charge in [0.1, 0.15) is 0 Å². The number of hydrogen-bond donors (Lipinski definition) is 2. The summed E-state index contributed by atoms with van der Waals surface area (Å²) in [7, 11) is 0. The fraction of sp³-hybridized carbons (Fsp3) is 0.206. The zero-order valence-corrected chi connectivity index (χ0v) is 21.7. The fourth-order valence-electron chi connectivity index (χ4n) is 5.32. The Morgan fingerprint density at radius 3 is 2.41 bits per heavy atom. The number of amides is 1. The molecule has 0 unspecified atom stereocenters. The van der Waals surface area contributed by atoms with Crippen LogP contribution in [-0.4, -0.2) is 17.3 Å². The van der Waals surface area contributed by atoms with Gasteiger partial charge >= 0.3 is 0 Å². The van der Waals surface area contributed by atoms with Gasteiger partial charge < -0.3 is 19.9 Å². The van der Waals surface area contributed by atoms with Crippen molar-refractivity contribution < 1.29 is 19.4 Å². The van der Waals surface area contributed by atoms with Crippen LogP contribution in [0.3, 0.4) is 0 Å². The number of rotatable bonds is 8. The first-order valence-corrected chi connectivity index (χ1v) is 13.4. The molecule has 1 heterocycles. The maximum atomic E-state index is 13.2. The molecule has 5 heteroatoms. The van der Waals surface area contributed by atoms with Crippen LogP contribution in [-0.2, 0) is 40.4 Å². The number of hydrogen-bond acceptors (Lipinski definition) is 4. The smallest absolute Gasteiger partial charge is 0.286 e. The number of ether oxygens (including phenoxy) is 2. The minimum atomic E-state index is -0.574. The van der Waals surface area contributed by atoms with Crippen molar-refractivity contribution in [1.29, 1.82) is 0 Å². The molecule has 2 N–H and O–H groups in total. The second-order valence-corrected chi connectivity index (χ2v) is 10.1. The maximum Gasteiger partial charge on any atom is 0.286 e. The van der Waals surface area contributed by atoms with E-state index in [-0.39, 0.29) is 24.2 Å². The highest BCUT2D eigenvalue weighted by atomic mass is 16.7. The molecule has 0 fully saturated rings. The lowest BCUT2D eigenvalue weighted by Crippen LogP contribution is -2.32. The summed E-state index contributed by atoms with van der Waals surface area (Å²) in [5.74, 6) is -0.00396. The average Bonchev–Trinajstić information content (AvgIpc) is 3.37. The monoisotopic (exact) mass is 517 g/mol. The zero-order chi connectivity index (χ0) is 26.6. The van der Waals surface area contributed by atoms with Gasteiger partial charge in [0.15, 0.2) is 5.76 Å². The van der Waals surface area contributed by atoms with Crippen LogP contribution in [0.4, 0.5) is 0 Å². The van der Waals surface area contributed by atoms with Gasteiger partial charge in [-0.25, -0.2) is 0 Å². The molecule has 2 aliphatic rings. The molecule has 39 heavy (non-hydrogen) atoms. The quantitative estimate of drug-likeness (QED) is 0.265. The van der Waals surface area contributed by atoms with E-state index in [1.54, 1.807) is 0 Å². The van der Waals surface area contributed by atoms with Crippen molar-refractivity contribution in [1.82, 2.24) is 5.32 Å². The summed E-state index contributed by atoms with van der Waals surface area (Å²) in [5, 5.41) is 12.3. The predicted octanol–water partition coefficient (Wildman–Crippen LogP) is 6.00. The van der Waals surface area contributed by atoms with Gasteiger partial charge in [0.25, 0.3) is 5.91 Å². The Balaban J connectivity index is 1.23. The van der Waals surface area contributed by atoms with Crippen molar-refractivity contribution in [3.63, 3.8) is 0 Å². The average molecular weight is 518 g/mol. The zero-order valence-electron chi connectivity index (χ0n) is 21.7. The van der Waals surface area contributed by atoms with E-state index < -0.39 is 6.29 Å². The normalized spacial score (nSPS) is 17.5. The Hall–Kier alpha value is -4.19. The van der Waals surface area contributed by atoms with Gasteiger partial charge in [-0.2, -0.15) is 0 Å². The molecule has 0 aromatic heterocycles. The number of nitrogens with one attached hydrogen (secondary N) is 1. The molecule has 1 aliphatic carbocycles. The van der Waals surface area contributed by atoms with Crippen molar-refractivity contribution in [2.75, 3.05) is 0 Å². The number of carbonyl (C=O) groups is 1. The lowest BCUT2D eigenvalue weighted by Gasteiger charge is -2.29. The predicted molar refractivity (Wildman–Crippen MR) is 150 cm³/mol. The third-order valence-electron chi connectivity index (χ3n) is 7.47. The third-order valence-corrected chi connectivity index (χ3v) is 7.47. The molecule has 4 aromatic carbocycles. The van der Waals surface area contributed by atoms with E-state index in [2.05, 4.69) is 47.8 Å². The second-order valence-electron chi connectivity index (χ2n) is 10.1. The molecule has 0 spiro atoms. The van der Waals surface area contributed by atoms with E-state index in [4.69, 9.17) is 9.47 Å². The van der Waals surface area contributed by atoms with E-state index in [9.17, 15) is 9.90 Å². The van der Waals surface area contributed by atoms with Crippen LogP contribution < -0.4 is 5.32 Å². The van der Waals surface area contributed by atoms with Gasteiger partial charge in [0.2, 0.25) is 6.29 Å². The molecule has 0 radical (unpaired) electrons. The largest absolute Gasteiger partial charge is 0.459 e. The molecule has 2 atom stereocenters. The molecule has 1 aliphatic heterocycles. The highest BCUT2D eigenvalue weighted by Gasteiger charge is 2.30. The Labute approximate surface area is 228 Å². The lowest BCUT2D eigenvalue weighted by molar-refractivity contribution is -0.150. The summed E-state index contributed by atoms with van der Waals surface area (Å²) in [6.07, 6.45) is 2.91. The minimum Gasteiger partial charge on any atom is -0.459 e.